The van der Waals surface area contributed by atoms with E-state index < -0.39 is 80.5 Å². The first-order valence-electron chi connectivity index (χ1n) is 18.8. The monoisotopic (exact) mass is 927 g/mol. The van der Waals surface area contributed by atoms with Crippen LogP contribution in [0.3, 0.4) is 0 Å². The van der Waals surface area contributed by atoms with Crippen LogP contribution in [0, 0.1) is 23.5 Å². The number of fused-ring (bicyclic) bond motifs is 2. The number of alkyl halides is 5. The molecule has 0 radical (unpaired) electrons. The highest BCUT2D eigenvalue weighted by atomic mass is 35.5. The summed E-state index contributed by atoms with van der Waals surface area (Å²) in [6.45, 7) is 1.30. The molecule has 10 nitrogen and oxygen atoms in total. The van der Waals surface area contributed by atoms with Gasteiger partial charge >= 0.3 is 0 Å². The number of hydrogen-bond acceptors (Lipinski definition) is 8. The molecule has 2 aliphatic carbocycles. The predicted molar refractivity (Wildman–Crippen MR) is 223 cm³/mol. The van der Waals surface area contributed by atoms with Crippen molar-refractivity contribution in [1.29, 1.82) is 0 Å². The van der Waals surface area contributed by atoms with Gasteiger partial charge in [0.1, 0.15) is 40.9 Å². The minimum Gasteiger partial charge on any atom is -0.346 e. The third-order valence-electron chi connectivity index (χ3n) is 10.5. The van der Waals surface area contributed by atoms with Gasteiger partial charge in [0.05, 0.1) is 38.6 Å². The van der Waals surface area contributed by atoms with Crippen molar-refractivity contribution in [2.45, 2.75) is 93.3 Å². The van der Waals surface area contributed by atoms with E-state index in [0.29, 0.717) is 18.9 Å². The van der Waals surface area contributed by atoms with E-state index in [4.69, 9.17) is 16.6 Å². The number of nitrogens with zero attached hydrogens (tertiary/aromatic N) is 5. The zero-order chi connectivity index (χ0) is 44.2. The molecule has 0 saturated heterocycles. The minimum atomic E-state index is -3.67. The maximum atomic E-state index is 15.7. The van der Waals surface area contributed by atoms with Crippen molar-refractivity contribution in [2.24, 2.45) is 0 Å². The van der Waals surface area contributed by atoms with E-state index in [0.717, 1.165) is 33.4 Å². The molecule has 2 N–H and O–H groups in total. The topological polar surface area (TPSA) is 124 Å². The molecule has 0 bridgehead atoms. The van der Waals surface area contributed by atoms with Crippen LogP contribution >= 0.6 is 32.8 Å². The van der Waals surface area contributed by atoms with Gasteiger partial charge in [-0.05, 0) is 87.8 Å². The van der Waals surface area contributed by atoms with Gasteiger partial charge in [-0.25, -0.2) is 44.1 Å². The lowest BCUT2D eigenvalue weighted by molar-refractivity contribution is -0.122. The summed E-state index contributed by atoms with van der Waals surface area (Å²) in [5.74, 6) is 3.02. The zero-order valence-electron chi connectivity index (χ0n) is 32.7. The van der Waals surface area contributed by atoms with Crippen LogP contribution in [0.2, 0.25) is 5.02 Å². The molecule has 2 aliphatic rings. The number of benzene rings is 2. The van der Waals surface area contributed by atoms with E-state index in [2.05, 4.69) is 32.1 Å². The molecule has 5 aromatic rings. The maximum Gasteiger partial charge on any atom is 0.282 e. The second-order valence-corrected chi connectivity index (χ2v) is 20.0. The molecule has 3 aromatic heterocycles. The van der Waals surface area contributed by atoms with Gasteiger partial charge < -0.3 is 10.0 Å². The third kappa shape index (κ3) is 9.10. The first-order chi connectivity index (χ1) is 28.7. The molecule has 21 heteroatoms. The van der Waals surface area contributed by atoms with Crippen LogP contribution in [0.25, 0.3) is 22.0 Å². The average Bonchev–Trinajstić information content (AvgIpc) is 3.79. The summed E-state index contributed by atoms with van der Waals surface area (Å²) in [5.41, 5.74) is -0.308. The maximum absolute atomic E-state index is 15.7. The van der Waals surface area contributed by atoms with Gasteiger partial charge in [-0.15, -0.1) is 0 Å². The number of hydrogen-bond donors (Lipinski definition) is 2. The van der Waals surface area contributed by atoms with Crippen LogP contribution in [-0.4, -0.2) is 61.5 Å². The molecule has 1 amide bonds. The number of carbonyl (C=O) groups excluding carboxylic acids is 1. The van der Waals surface area contributed by atoms with Crippen LogP contribution in [0.4, 0.5) is 36.6 Å². The van der Waals surface area contributed by atoms with E-state index in [1.165, 1.54) is 38.1 Å². The number of amides is 1. The number of nitrogens with one attached hydrogen (secondary N) is 2. The SMILES string of the molecule is CSNc1nn(CC(F)F)c2c(-c3ccc(C#CC(C)(C)S(=O)(=O)C4CC4)nc3C(Cc3cc(F)cc(F)c3)NC(=O)Cn3nc(C(F)F)c4c3C(F)(P)CC4)ccc(Cl)c12. The number of pyridine rings is 1. The van der Waals surface area contributed by atoms with Crippen molar-refractivity contribution < 1.29 is 43.9 Å². The molecule has 0 aliphatic heterocycles. The lowest BCUT2D eigenvalue weighted by atomic mass is 9.93. The van der Waals surface area contributed by atoms with Crippen molar-refractivity contribution in [3.8, 4) is 23.0 Å². The van der Waals surface area contributed by atoms with E-state index >= 15 is 4.39 Å². The third-order valence-corrected chi connectivity index (χ3v) is 14.6. The Bertz CT molecular complexity index is 2700. The van der Waals surface area contributed by atoms with Crippen molar-refractivity contribution in [1.82, 2.24) is 29.9 Å². The molecule has 7 rings (SSSR count). The smallest absolute Gasteiger partial charge is 0.282 e. The van der Waals surface area contributed by atoms with E-state index in [1.54, 1.807) is 6.26 Å². The summed E-state index contributed by atoms with van der Waals surface area (Å²) in [4.78, 5) is 18.9. The number of sulfone groups is 1. The molecular formula is C40H38ClF7N7O3PS2. The summed E-state index contributed by atoms with van der Waals surface area (Å²) >= 11 is 7.80. The first-order valence-corrected chi connectivity index (χ1v) is 22.6. The normalized spacial score (nSPS) is 17.1. The number of rotatable bonds is 14. The van der Waals surface area contributed by atoms with Crippen molar-refractivity contribution in [3.05, 3.63) is 93.0 Å². The summed E-state index contributed by atoms with van der Waals surface area (Å²) < 4.78 is 131. The van der Waals surface area contributed by atoms with Crippen LogP contribution in [0.5, 0.6) is 0 Å². The molecule has 3 atom stereocenters. The van der Waals surface area contributed by atoms with E-state index in [-0.39, 0.29) is 80.3 Å². The lowest BCUT2D eigenvalue weighted by Crippen LogP contribution is -2.35. The summed E-state index contributed by atoms with van der Waals surface area (Å²) in [7, 11) is -1.70. The van der Waals surface area contributed by atoms with Gasteiger partial charge in [-0.2, -0.15) is 10.2 Å². The zero-order valence-corrected chi connectivity index (χ0v) is 36.2. The first kappa shape index (κ1) is 44.7. The highest BCUT2D eigenvalue weighted by Gasteiger charge is 2.46. The Labute approximate surface area is 358 Å². The largest absolute Gasteiger partial charge is 0.346 e. The Hall–Kier alpha value is -4.37. The van der Waals surface area contributed by atoms with Crippen LogP contribution in [0.15, 0.2) is 42.5 Å². The fourth-order valence-corrected chi connectivity index (χ4v) is 10.4. The predicted octanol–water partition coefficient (Wildman–Crippen LogP) is 8.87. The Balaban J connectivity index is 1.42. The van der Waals surface area contributed by atoms with Crippen molar-refractivity contribution in [2.75, 3.05) is 11.0 Å². The number of aromatic nitrogens is 5. The van der Waals surface area contributed by atoms with E-state index in [1.807, 2.05) is 9.24 Å². The molecule has 1 fully saturated rings. The average molecular weight is 928 g/mol. The lowest BCUT2D eigenvalue weighted by Gasteiger charge is -2.23. The van der Waals surface area contributed by atoms with Crippen LogP contribution in [0.1, 0.15) is 79.5 Å². The molecule has 3 unspecified atom stereocenters. The minimum absolute atomic E-state index is 0.00946. The fraction of sp³-hybridized carbons (Fsp3) is 0.400. The van der Waals surface area contributed by atoms with Crippen molar-refractivity contribution >= 4 is 65.3 Å². The fourth-order valence-electron chi connectivity index (χ4n) is 7.55. The van der Waals surface area contributed by atoms with Gasteiger partial charge in [0, 0.05) is 29.0 Å². The van der Waals surface area contributed by atoms with Gasteiger partial charge in [0.15, 0.2) is 21.1 Å². The number of anilines is 1. The quantitative estimate of drug-likeness (QED) is 0.0491. The summed E-state index contributed by atoms with van der Waals surface area (Å²) in [5, 5.41) is 8.73. The molecule has 61 heavy (non-hydrogen) atoms. The Morgan fingerprint density at radius 2 is 1.74 bits per heavy atom. The Morgan fingerprint density at radius 3 is 2.38 bits per heavy atom. The number of halogens is 8. The molecule has 2 aromatic carbocycles. The Kier molecular flexibility index (Phi) is 12.5. The molecule has 1 saturated carbocycles. The molecule has 324 valence electrons. The summed E-state index contributed by atoms with van der Waals surface area (Å²) in [6.07, 6.45) is -3.77. The highest BCUT2D eigenvalue weighted by molar-refractivity contribution is 7.99. The van der Waals surface area contributed by atoms with Gasteiger partial charge in [-0.3, -0.25) is 14.2 Å². The Morgan fingerprint density at radius 1 is 1.05 bits per heavy atom. The van der Waals surface area contributed by atoms with Crippen LogP contribution in [-0.2, 0) is 46.0 Å². The van der Waals surface area contributed by atoms with Crippen molar-refractivity contribution in [3.63, 3.8) is 0 Å². The molecule has 3 heterocycles. The standard InChI is InChI=1S/C40H38ClF7N7O3PS2/c1-39(2,61(57,58)24-5-6-24)12-10-23-4-7-25(26-8-9-28(41)32-35(26)54(18-30(44)45)52-38(32)53-60-3)33(49-23)29(16-20-14-21(42)17-22(43)15-20)50-31(56)19-55-36-27(11-13-40(36,48)59)34(51-55)37(46)47/h4,7-9,14-15,17,24,29-30,37H,5-6,11,13,16,18-19,59H2,1-3H3,(H,50,56)(H,52,53). The summed E-state index contributed by atoms with van der Waals surface area (Å²) in [6, 6.07) is 7.35. The second-order valence-electron chi connectivity index (χ2n) is 15.3. The van der Waals surface area contributed by atoms with Gasteiger partial charge in [-0.1, -0.05) is 44.8 Å². The highest BCUT2D eigenvalue weighted by Crippen LogP contribution is 2.48. The number of carbonyl (C=O) groups is 1. The molecule has 0 spiro atoms. The second kappa shape index (κ2) is 17.1. The van der Waals surface area contributed by atoms with Gasteiger partial charge in [0.25, 0.3) is 12.9 Å². The van der Waals surface area contributed by atoms with Crippen LogP contribution < -0.4 is 10.0 Å². The molecular weight excluding hydrogens is 890 g/mol. The van der Waals surface area contributed by atoms with Gasteiger partial charge in [0.2, 0.25) is 5.91 Å². The van der Waals surface area contributed by atoms with E-state index in [9.17, 15) is 39.6 Å².